The van der Waals surface area contributed by atoms with Crippen LogP contribution in [0.15, 0.2) is 59.3 Å². The Morgan fingerprint density at radius 1 is 1.18 bits per heavy atom. The molecule has 1 heteroatoms. The minimum Gasteiger partial charge on any atom is -0.378 e. The first kappa shape index (κ1) is 23.8. The quantitative estimate of drug-likeness (QED) is 0.368. The SMILES string of the molecule is C#CC(/C=C(/C)C(=C)NC(c1ccc(CC)cc1)[C@H](C)CC(C)(C)C)=C(C)C. The highest BCUT2D eigenvalue weighted by molar-refractivity contribution is 5.45. The number of aryl methyl sites for hydroxylation is 1. The minimum absolute atomic E-state index is 0.210. The van der Waals surface area contributed by atoms with Crippen molar-refractivity contribution in [3.8, 4) is 12.3 Å². The Morgan fingerprint density at radius 3 is 2.18 bits per heavy atom. The van der Waals surface area contributed by atoms with Crippen LogP contribution in [0.25, 0.3) is 0 Å². The summed E-state index contributed by atoms with van der Waals surface area (Å²) >= 11 is 0. The molecule has 152 valence electrons. The molecule has 0 saturated heterocycles. The van der Waals surface area contributed by atoms with E-state index in [2.05, 4.69) is 89.7 Å². The Balaban J connectivity index is 3.17. The summed E-state index contributed by atoms with van der Waals surface area (Å²) in [5, 5.41) is 3.71. The van der Waals surface area contributed by atoms with Gasteiger partial charge in [0.1, 0.15) is 0 Å². The predicted octanol–water partition coefficient (Wildman–Crippen LogP) is 7.38. The summed E-state index contributed by atoms with van der Waals surface area (Å²) in [6, 6.07) is 9.19. The summed E-state index contributed by atoms with van der Waals surface area (Å²) in [6.45, 7) is 21.9. The van der Waals surface area contributed by atoms with Crippen LogP contribution in [0.3, 0.4) is 0 Å². The van der Waals surface area contributed by atoms with E-state index in [0.29, 0.717) is 5.92 Å². The van der Waals surface area contributed by atoms with Crippen LogP contribution in [0.2, 0.25) is 0 Å². The Morgan fingerprint density at radius 2 is 1.75 bits per heavy atom. The molecule has 1 N–H and O–H groups in total. The molecular weight excluding hydrogens is 338 g/mol. The zero-order valence-corrected chi connectivity index (χ0v) is 19.2. The molecule has 0 amide bonds. The highest BCUT2D eigenvalue weighted by Gasteiger charge is 2.25. The van der Waals surface area contributed by atoms with E-state index in [1.165, 1.54) is 11.1 Å². The number of nitrogens with one attached hydrogen (secondary N) is 1. The van der Waals surface area contributed by atoms with Gasteiger partial charge in [-0.05, 0) is 67.7 Å². The third-order valence-corrected chi connectivity index (χ3v) is 5.11. The van der Waals surface area contributed by atoms with Crippen LogP contribution in [-0.4, -0.2) is 0 Å². The van der Waals surface area contributed by atoms with Gasteiger partial charge in [-0.3, -0.25) is 0 Å². The number of hydrogen-bond acceptors (Lipinski definition) is 1. The van der Waals surface area contributed by atoms with Crippen molar-refractivity contribution in [1.29, 1.82) is 0 Å². The Bertz CT molecular complexity index is 756. The van der Waals surface area contributed by atoms with Crippen LogP contribution in [0, 0.1) is 23.7 Å². The average Bonchev–Trinajstić information content (AvgIpc) is 2.62. The number of hydrogen-bond donors (Lipinski definition) is 1. The Labute approximate surface area is 174 Å². The molecule has 0 aromatic heterocycles. The fourth-order valence-electron chi connectivity index (χ4n) is 3.53. The van der Waals surface area contributed by atoms with Crippen molar-refractivity contribution in [3.63, 3.8) is 0 Å². The van der Waals surface area contributed by atoms with Gasteiger partial charge in [-0.2, -0.15) is 0 Å². The molecule has 0 spiro atoms. The number of allylic oxidation sites excluding steroid dienone is 4. The van der Waals surface area contributed by atoms with Gasteiger partial charge in [0, 0.05) is 11.3 Å². The van der Waals surface area contributed by atoms with Crippen LogP contribution >= 0.6 is 0 Å². The van der Waals surface area contributed by atoms with Crippen LogP contribution in [0.5, 0.6) is 0 Å². The smallest absolute Gasteiger partial charge is 0.0539 e. The zero-order valence-electron chi connectivity index (χ0n) is 19.2. The lowest BCUT2D eigenvalue weighted by atomic mass is 9.80. The first-order valence-corrected chi connectivity index (χ1v) is 10.4. The number of rotatable bonds is 8. The molecule has 0 fully saturated rings. The lowest BCUT2D eigenvalue weighted by molar-refractivity contribution is 0.264. The largest absolute Gasteiger partial charge is 0.378 e. The van der Waals surface area contributed by atoms with E-state index in [4.69, 9.17) is 6.42 Å². The summed E-state index contributed by atoms with van der Waals surface area (Å²) in [5.74, 6) is 3.24. The van der Waals surface area contributed by atoms with E-state index in [1.54, 1.807) is 0 Å². The lowest BCUT2D eigenvalue weighted by Crippen LogP contribution is -2.29. The maximum absolute atomic E-state index is 5.66. The molecule has 1 unspecified atom stereocenters. The van der Waals surface area contributed by atoms with Crippen molar-refractivity contribution in [3.05, 3.63) is 70.5 Å². The first-order chi connectivity index (χ1) is 13.0. The van der Waals surface area contributed by atoms with E-state index < -0.39 is 0 Å². The topological polar surface area (TPSA) is 12.0 Å². The van der Waals surface area contributed by atoms with Gasteiger partial charge in [0.2, 0.25) is 0 Å². The Kier molecular flexibility index (Phi) is 8.83. The third-order valence-electron chi connectivity index (χ3n) is 5.11. The van der Waals surface area contributed by atoms with Crippen LogP contribution in [-0.2, 0) is 6.42 Å². The average molecular weight is 378 g/mol. The molecule has 0 bridgehead atoms. The minimum atomic E-state index is 0.210. The van der Waals surface area contributed by atoms with Gasteiger partial charge in [-0.25, -0.2) is 0 Å². The molecular formula is C27H39N. The molecule has 28 heavy (non-hydrogen) atoms. The molecule has 0 aliphatic carbocycles. The summed E-state index contributed by atoms with van der Waals surface area (Å²) in [6.07, 6.45) is 9.89. The molecule has 1 aromatic carbocycles. The summed E-state index contributed by atoms with van der Waals surface area (Å²) in [4.78, 5) is 0. The second-order valence-electron chi connectivity index (χ2n) is 9.32. The van der Waals surface area contributed by atoms with E-state index in [0.717, 1.165) is 35.3 Å². The number of benzene rings is 1. The molecule has 1 rings (SSSR count). The Hall–Kier alpha value is -2.20. The van der Waals surface area contributed by atoms with Gasteiger partial charge in [0.15, 0.2) is 0 Å². The zero-order chi connectivity index (χ0) is 21.5. The molecule has 1 aromatic rings. The summed E-state index contributed by atoms with van der Waals surface area (Å²) < 4.78 is 0. The molecule has 0 radical (unpaired) electrons. The van der Waals surface area contributed by atoms with Crippen LogP contribution in [0.4, 0.5) is 0 Å². The van der Waals surface area contributed by atoms with Gasteiger partial charge in [0.05, 0.1) is 6.04 Å². The van der Waals surface area contributed by atoms with Crippen molar-refractivity contribution < 1.29 is 0 Å². The molecule has 0 saturated carbocycles. The standard InChI is InChI=1S/C27H39N/c1-11-23-13-15-25(16-14-23)26(21(6)18-27(8,9)10)28-22(7)20(5)17-24(12-2)19(3)4/h2,13-17,21,26,28H,7,11,18H2,1,3-6,8-10H3/b20-17-/t21-,26?/m1/s1. The van der Waals surface area contributed by atoms with Crippen molar-refractivity contribution in [1.82, 2.24) is 5.32 Å². The molecule has 2 atom stereocenters. The fraction of sp³-hybridized carbons (Fsp3) is 0.481. The fourth-order valence-corrected chi connectivity index (χ4v) is 3.53. The van der Waals surface area contributed by atoms with Crippen molar-refractivity contribution in [2.75, 3.05) is 0 Å². The second kappa shape index (κ2) is 10.4. The van der Waals surface area contributed by atoms with Gasteiger partial charge < -0.3 is 5.32 Å². The van der Waals surface area contributed by atoms with Gasteiger partial charge in [0.25, 0.3) is 0 Å². The highest BCUT2D eigenvalue weighted by Crippen LogP contribution is 2.34. The molecule has 0 aliphatic heterocycles. The van der Waals surface area contributed by atoms with Crippen molar-refractivity contribution in [2.45, 2.75) is 74.3 Å². The maximum atomic E-state index is 5.66. The summed E-state index contributed by atoms with van der Waals surface area (Å²) in [5.41, 5.74) is 7.01. The van der Waals surface area contributed by atoms with E-state index in [-0.39, 0.29) is 11.5 Å². The van der Waals surface area contributed by atoms with Gasteiger partial charge in [-0.15, -0.1) is 6.42 Å². The lowest BCUT2D eigenvalue weighted by Gasteiger charge is -2.32. The third kappa shape index (κ3) is 7.43. The van der Waals surface area contributed by atoms with Crippen LogP contribution in [0.1, 0.15) is 79.0 Å². The normalized spacial score (nSPS) is 14.0. The van der Waals surface area contributed by atoms with Crippen molar-refractivity contribution in [2.24, 2.45) is 11.3 Å². The van der Waals surface area contributed by atoms with Crippen molar-refractivity contribution >= 4 is 0 Å². The second-order valence-corrected chi connectivity index (χ2v) is 9.32. The maximum Gasteiger partial charge on any atom is 0.0539 e. The van der Waals surface area contributed by atoms with E-state index >= 15 is 0 Å². The highest BCUT2D eigenvalue weighted by atomic mass is 14.9. The first-order valence-electron chi connectivity index (χ1n) is 10.4. The molecule has 0 aliphatic rings. The predicted molar refractivity (Wildman–Crippen MR) is 125 cm³/mol. The van der Waals surface area contributed by atoms with Crippen LogP contribution < -0.4 is 5.32 Å². The molecule has 1 nitrogen and oxygen atoms in total. The van der Waals surface area contributed by atoms with E-state index in [9.17, 15) is 0 Å². The monoisotopic (exact) mass is 377 g/mol. The summed E-state index contributed by atoms with van der Waals surface area (Å²) in [7, 11) is 0. The van der Waals surface area contributed by atoms with E-state index in [1.807, 2.05) is 13.8 Å². The molecule has 0 heterocycles. The van der Waals surface area contributed by atoms with Gasteiger partial charge in [-0.1, -0.05) is 77.0 Å². The van der Waals surface area contributed by atoms with Gasteiger partial charge >= 0.3 is 0 Å². The number of terminal acetylenes is 1.